The van der Waals surface area contributed by atoms with Gasteiger partial charge in [-0.25, -0.2) is 0 Å². The number of hydrogen-bond donors (Lipinski definition) is 1. The highest BCUT2D eigenvalue weighted by Crippen LogP contribution is 2.31. The van der Waals surface area contributed by atoms with Crippen LogP contribution in [0.25, 0.3) is 0 Å². The third kappa shape index (κ3) is 2.38. The first-order chi connectivity index (χ1) is 7.22. The first-order valence-electron chi connectivity index (χ1n) is 4.95. The van der Waals surface area contributed by atoms with E-state index >= 15 is 0 Å². The molecule has 1 unspecified atom stereocenters. The Bertz CT molecular complexity index is 351. The van der Waals surface area contributed by atoms with Gasteiger partial charge in [-0.3, -0.25) is 9.79 Å². The van der Waals surface area contributed by atoms with Crippen molar-refractivity contribution in [3.8, 4) is 0 Å². The minimum absolute atomic E-state index is 0.0547. The highest BCUT2D eigenvalue weighted by atomic mass is 127. The Hall–Kier alpha value is -0.0400. The van der Waals surface area contributed by atoms with Crippen molar-refractivity contribution < 1.29 is 9.90 Å². The third-order valence-electron chi connectivity index (χ3n) is 2.49. The molecule has 5 heteroatoms. The summed E-state index contributed by atoms with van der Waals surface area (Å²) in [7, 11) is 0. The molecule has 15 heavy (non-hydrogen) atoms. The number of hydrogen-bond acceptors (Lipinski definition) is 4. The molecule has 0 saturated carbocycles. The first kappa shape index (κ1) is 11.4. The minimum atomic E-state index is 0.0547. The molecular formula is C10H12INO2S. The maximum Gasteiger partial charge on any atom is 0.168 e. The van der Waals surface area contributed by atoms with E-state index in [9.17, 15) is 9.90 Å². The van der Waals surface area contributed by atoms with E-state index in [1.165, 1.54) is 0 Å². The molecule has 1 N–H and O–H groups in total. The van der Waals surface area contributed by atoms with Crippen LogP contribution in [0, 0.1) is 0 Å². The third-order valence-corrected chi connectivity index (χ3v) is 5.35. The molecule has 2 aliphatic rings. The van der Waals surface area contributed by atoms with E-state index in [0.717, 1.165) is 22.4 Å². The number of nitrogens with zero attached hydrogens (tertiary/aromatic N) is 1. The largest absolute Gasteiger partial charge is 0.511 e. The summed E-state index contributed by atoms with van der Waals surface area (Å²) in [5, 5.41) is 11.0. The second kappa shape index (κ2) is 4.86. The fourth-order valence-corrected chi connectivity index (χ4v) is 3.55. The highest BCUT2D eigenvalue weighted by Gasteiger charge is 2.29. The normalized spacial score (nSPS) is 27.1. The molecule has 0 saturated heterocycles. The number of thioether (sulfide) groups is 1. The average Bonchev–Trinajstić information content (AvgIpc) is 2.66. The van der Waals surface area contributed by atoms with Gasteiger partial charge in [0.2, 0.25) is 0 Å². The molecular weight excluding hydrogens is 325 g/mol. The molecule has 1 atom stereocenters. The van der Waals surface area contributed by atoms with Gasteiger partial charge in [0.15, 0.2) is 5.78 Å². The number of Topliss-reactive ketones (excluding diaryl/α,β-unsaturated/α-hetero) is 1. The van der Waals surface area contributed by atoms with Crippen LogP contribution in [-0.2, 0) is 4.79 Å². The lowest BCUT2D eigenvalue weighted by Crippen LogP contribution is -2.17. The van der Waals surface area contributed by atoms with Crippen LogP contribution in [0.3, 0.4) is 0 Å². The summed E-state index contributed by atoms with van der Waals surface area (Å²) >= 11 is 3.95. The van der Waals surface area contributed by atoms with Gasteiger partial charge in [0.1, 0.15) is 10.8 Å². The van der Waals surface area contributed by atoms with Crippen LogP contribution in [0.5, 0.6) is 0 Å². The molecule has 1 heterocycles. The van der Waals surface area contributed by atoms with E-state index in [0.29, 0.717) is 23.7 Å². The molecule has 2 rings (SSSR count). The fraction of sp³-hybridized carbons (Fsp3) is 0.600. The maximum absolute atomic E-state index is 11.7. The number of allylic oxidation sites excluding steroid dienone is 1. The summed E-state index contributed by atoms with van der Waals surface area (Å²) in [5.41, 5.74) is 0.499. The zero-order valence-electron chi connectivity index (χ0n) is 8.20. The number of alkyl halides is 1. The van der Waals surface area contributed by atoms with Gasteiger partial charge in [0.05, 0.1) is 12.1 Å². The summed E-state index contributed by atoms with van der Waals surface area (Å²) in [6, 6.07) is 0. The lowest BCUT2D eigenvalue weighted by Gasteiger charge is -2.14. The number of carbonyl (C=O) groups excluding carboxylic acids is 1. The quantitative estimate of drug-likeness (QED) is 0.622. The zero-order chi connectivity index (χ0) is 10.8. The van der Waals surface area contributed by atoms with Gasteiger partial charge in [-0.2, -0.15) is 0 Å². The minimum Gasteiger partial charge on any atom is -0.511 e. The summed E-state index contributed by atoms with van der Waals surface area (Å²) in [4.78, 5) is 16.0. The van der Waals surface area contributed by atoms with Gasteiger partial charge in [-0.1, -0.05) is 34.4 Å². The standard InChI is InChI=1S/C10H12INO2S/c11-4-6-5-12-10(15-6)9-7(13)2-1-3-8(9)14/h6,13H,1-5H2. The van der Waals surface area contributed by atoms with Crippen LogP contribution in [0.4, 0.5) is 0 Å². The number of aliphatic hydroxyl groups excluding tert-OH is 1. The molecule has 0 aromatic carbocycles. The maximum atomic E-state index is 11.7. The lowest BCUT2D eigenvalue weighted by atomic mass is 9.97. The van der Waals surface area contributed by atoms with Crippen LogP contribution in [-0.4, -0.2) is 32.2 Å². The summed E-state index contributed by atoms with van der Waals surface area (Å²) in [6.45, 7) is 0.771. The van der Waals surface area contributed by atoms with Crippen LogP contribution in [0.15, 0.2) is 16.3 Å². The molecule has 0 fully saturated rings. The number of rotatable bonds is 2. The lowest BCUT2D eigenvalue weighted by molar-refractivity contribution is -0.115. The van der Waals surface area contributed by atoms with Gasteiger partial charge in [-0.15, -0.1) is 0 Å². The second-order valence-electron chi connectivity index (χ2n) is 3.64. The summed E-state index contributed by atoms with van der Waals surface area (Å²) in [5.74, 6) is 0.297. The molecule has 82 valence electrons. The number of halogens is 1. The molecule has 0 bridgehead atoms. The Kier molecular flexibility index (Phi) is 3.71. The molecule has 1 aliphatic carbocycles. The second-order valence-corrected chi connectivity index (χ2v) is 5.81. The Labute approximate surface area is 107 Å². The van der Waals surface area contributed by atoms with Crippen LogP contribution in [0.2, 0.25) is 0 Å². The SMILES string of the molecule is O=C1CCCC(O)=C1C1=NCC(CI)S1. The van der Waals surface area contributed by atoms with Crippen molar-refractivity contribution in [2.75, 3.05) is 11.0 Å². The van der Waals surface area contributed by atoms with E-state index in [-0.39, 0.29) is 11.5 Å². The Balaban J connectivity index is 2.20. The van der Waals surface area contributed by atoms with Crippen molar-refractivity contribution in [1.29, 1.82) is 0 Å². The van der Waals surface area contributed by atoms with Gasteiger partial charge in [0, 0.05) is 22.5 Å². The number of aliphatic imine (C=N–C) groups is 1. The van der Waals surface area contributed by atoms with Gasteiger partial charge < -0.3 is 5.11 Å². The monoisotopic (exact) mass is 337 g/mol. The molecule has 0 radical (unpaired) electrons. The fourth-order valence-electron chi connectivity index (χ4n) is 1.71. The van der Waals surface area contributed by atoms with Gasteiger partial charge in [0.25, 0.3) is 0 Å². The van der Waals surface area contributed by atoms with Crippen molar-refractivity contribution in [2.24, 2.45) is 4.99 Å². The van der Waals surface area contributed by atoms with Gasteiger partial charge in [-0.05, 0) is 6.42 Å². The molecule has 3 nitrogen and oxygen atoms in total. The summed E-state index contributed by atoms with van der Waals surface area (Å²) in [6.07, 6.45) is 1.94. The van der Waals surface area contributed by atoms with Crippen molar-refractivity contribution in [3.63, 3.8) is 0 Å². The van der Waals surface area contributed by atoms with Crippen molar-refractivity contribution in [3.05, 3.63) is 11.3 Å². The first-order valence-corrected chi connectivity index (χ1v) is 7.35. The van der Waals surface area contributed by atoms with E-state index in [1.807, 2.05) is 0 Å². The molecule has 1 aliphatic heterocycles. The van der Waals surface area contributed by atoms with Crippen LogP contribution < -0.4 is 0 Å². The molecule has 0 aromatic heterocycles. The van der Waals surface area contributed by atoms with E-state index in [1.54, 1.807) is 11.8 Å². The molecule has 0 amide bonds. The smallest absolute Gasteiger partial charge is 0.168 e. The topological polar surface area (TPSA) is 49.7 Å². The Morgan fingerprint density at radius 3 is 2.93 bits per heavy atom. The van der Waals surface area contributed by atoms with Crippen LogP contribution in [0.1, 0.15) is 19.3 Å². The predicted octanol–water partition coefficient (Wildman–Crippen LogP) is 2.50. The van der Waals surface area contributed by atoms with Crippen molar-refractivity contribution in [1.82, 2.24) is 0 Å². The van der Waals surface area contributed by atoms with E-state index < -0.39 is 0 Å². The van der Waals surface area contributed by atoms with Crippen molar-refractivity contribution in [2.45, 2.75) is 24.5 Å². The van der Waals surface area contributed by atoms with Crippen molar-refractivity contribution >= 4 is 45.2 Å². The predicted molar refractivity (Wildman–Crippen MR) is 71.1 cm³/mol. The van der Waals surface area contributed by atoms with Gasteiger partial charge >= 0.3 is 0 Å². The van der Waals surface area contributed by atoms with E-state index in [4.69, 9.17) is 0 Å². The zero-order valence-corrected chi connectivity index (χ0v) is 11.2. The number of aliphatic hydroxyl groups is 1. The average molecular weight is 337 g/mol. The molecule has 0 spiro atoms. The Morgan fingerprint density at radius 2 is 2.33 bits per heavy atom. The van der Waals surface area contributed by atoms with Crippen LogP contribution >= 0.6 is 34.4 Å². The number of ketones is 1. The summed E-state index contributed by atoms with van der Waals surface area (Å²) < 4.78 is 1.03. The Morgan fingerprint density at radius 1 is 1.53 bits per heavy atom. The van der Waals surface area contributed by atoms with E-state index in [2.05, 4.69) is 27.6 Å². The molecule has 0 aromatic rings. The number of carbonyl (C=O) groups is 1. The highest BCUT2D eigenvalue weighted by molar-refractivity contribution is 14.1.